The van der Waals surface area contributed by atoms with Gasteiger partial charge in [-0.15, -0.1) is 0 Å². The van der Waals surface area contributed by atoms with Crippen molar-refractivity contribution in [2.24, 2.45) is 11.8 Å². The Morgan fingerprint density at radius 1 is 1.19 bits per heavy atom. The van der Waals surface area contributed by atoms with E-state index < -0.39 is 0 Å². The molecule has 1 fully saturated rings. The van der Waals surface area contributed by atoms with Crippen LogP contribution in [0, 0.1) is 24.6 Å². The largest absolute Gasteiger partial charge is 0.383 e. The van der Waals surface area contributed by atoms with Gasteiger partial charge in [0, 0.05) is 51.7 Å². The Bertz CT molecular complexity index is 870. The highest BCUT2D eigenvalue weighted by Gasteiger charge is 2.36. The molecular formula is C26H35FN2O2. The highest BCUT2D eigenvalue weighted by molar-refractivity contribution is 5.78. The van der Waals surface area contributed by atoms with Crippen LogP contribution in [-0.4, -0.2) is 55.6 Å². The number of methoxy groups -OCH3 is 1. The first-order chi connectivity index (χ1) is 14.9. The number of nitrogens with zero attached hydrogens (tertiary/aromatic N) is 2. The number of hydrogen-bond acceptors (Lipinski definition) is 3. The number of rotatable bonds is 9. The number of halogens is 1. The predicted molar refractivity (Wildman–Crippen MR) is 122 cm³/mol. The van der Waals surface area contributed by atoms with Crippen molar-refractivity contribution in [2.45, 2.75) is 33.2 Å². The molecule has 0 aromatic heterocycles. The van der Waals surface area contributed by atoms with Gasteiger partial charge in [-0.05, 0) is 36.1 Å². The molecule has 0 aliphatic carbocycles. The monoisotopic (exact) mass is 426 g/mol. The number of aryl methyl sites for hydroxylation is 1. The number of likely N-dealkylation sites (tertiary alicyclic amines) is 1. The fourth-order valence-electron chi connectivity index (χ4n) is 4.60. The SMILES string of the molecule is COCCN(C[C@H]1CN(Cc2cccc(C)c2)C[C@@H]1c1cccc(F)c1)C(=O)C(C)C. The van der Waals surface area contributed by atoms with Crippen molar-refractivity contribution in [1.82, 2.24) is 9.80 Å². The third kappa shape index (κ3) is 6.37. The zero-order chi connectivity index (χ0) is 22.4. The minimum Gasteiger partial charge on any atom is -0.383 e. The molecule has 2 aromatic rings. The Morgan fingerprint density at radius 2 is 1.97 bits per heavy atom. The molecule has 31 heavy (non-hydrogen) atoms. The molecule has 0 saturated carbocycles. The summed E-state index contributed by atoms with van der Waals surface area (Å²) in [5, 5.41) is 0. The van der Waals surface area contributed by atoms with Crippen LogP contribution < -0.4 is 0 Å². The van der Waals surface area contributed by atoms with Gasteiger partial charge in [-0.3, -0.25) is 9.69 Å². The van der Waals surface area contributed by atoms with E-state index >= 15 is 0 Å². The highest BCUT2D eigenvalue weighted by atomic mass is 19.1. The summed E-state index contributed by atoms with van der Waals surface area (Å²) >= 11 is 0. The van der Waals surface area contributed by atoms with E-state index in [0.717, 1.165) is 25.2 Å². The average molecular weight is 427 g/mol. The van der Waals surface area contributed by atoms with Crippen LogP contribution in [0.15, 0.2) is 48.5 Å². The van der Waals surface area contributed by atoms with Gasteiger partial charge in [-0.25, -0.2) is 4.39 Å². The van der Waals surface area contributed by atoms with Gasteiger partial charge in [-0.1, -0.05) is 55.8 Å². The van der Waals surface area contributed by atoms with Gasteiger partial charge >= 0.3 is 0 Å². The van der Waals surface area contributed by atoms with Gasteiger partial charge < -0.3 is 9.64 Å². The van der Waals surface area contributed by atoms with Crippen LogP contribution in [-0.2, 0) is 16.1 Å². The summed E-state index contributed by atoms with van der Waals surface area (Å²) in [5.41, 5.74) is 3.55. The third-order valence-electron chi connectivity index (χ3n) is 6.11. The summed E-state index contributed by atoms with van der Waals surface area (Å²) in [6.45, 7) is 10.3. The molecule has 0 unspecified atom stereocenters. The zero-order valence-corrected chi connectivity index (χ0v) is 19.2. The van der Waals surface area contributed by atoms with Crippen molar-refractivity contribution in [3.8, 4) is 0 Å². The molecule has 0 spiro atoms. The molecule has 168 valence electrons. The molecule has 1 heterocycles. The number of benzene rings is 2. The van der Waals surface area contributed by atoms with Gasteiger partial charge in [0.15, 0.2) is 0 Å². The number of amides is 1. The lowest BCUT2D eigenvalue weighted by Gasteiger charge is -2.29. The van der Waals surface area contributed by atoms with Crippen LogP contribution in [0.5, 0.6) is 0 Å². The molecule has 1 saturated heterocycles. The Hall–Kier alpha value is -2.24. The van der Waals surface area contributed by atoms with E-state index in [9.17, 15) is 9.18 Å². The van der Waals surface area contributed by atoms with E-state index in [4.69, 9.17) is 4.74 Å². The fourth-order valence-corrected chi connectivity index (χ4v) is 4.60. The Balaban J connectivity index is 1.81. The Kier molecular flexibility index (Phi) is 8.22. The molecule has 2 atom stereocenters. The zero-order valence-electron chi connectivity index (χ0n) is 19.2. The van der Waals surface area contributed by atoms with Crippen LogP contribution in [0.3, 0.4) is 0 Å². The van der Waals surface area contributed by atoms with Gasteiger partial charge in [0.25, 0.3) is 0 Å². The topological polar surface area (TPSA) is 32.8 Å². The maximum atomic E-state index is 14.0. The Morgan fingerprint density at radius 3 is 2.65 bits per heavy atom. The molecule has 2 aromatic carbocycles. The smallest absolute Gasteiger partial charge is 0.225 e. The van der Waals surface area contributed by atoms with Gasteiger partial charge in [-0.2, -0.15) is 0 Å². The van der Waals surface area contributed by atoms with Crippen LogP contribution in [0.2, 0.25) is 0 Å². The summed E-state index contributed by atoms with van der Waals surface area (Å²) in [4.78, 5) is 17.2. The number of carbonyl (C=O) groups is 1. The van der Waals surface area contributed by atoms with E-state index in [1.54, 1.807) is 19.2 Å². The maximum Gasteiger partial charge on any atom is 0.225 e. The van der Waals surface area contributed by atoms with E-state index in [1.165, 1.54) is 17.2 Å². The minimum atomic E-state index is -0.206. The highest BCUT2D eigenvalue weighted by Crippen LogP contribution is 2.34. The van der Waals surface area contributed by atoms with E-state index in [0.29, 0.717) is 19.7 Å². The van der Waals surface area contributed by atoms with Crippen LogP contribution in [0.4, 0.5) is 4.39 Å². The Labute approximate surface area is 186 Å². The molecule has 5 heteroatoms. The second-order valence-electron chi connectivity index (χ2n) is 9.04. The van der Waals surface area contributed by atoms with Crippen LogP contribution in [0.1, 0.15) is 36.5 Å². The molecule has 4 nitrogen and oxygen atoms in total. The van der Waals surface area contributed by atoms with Gasteiger partial charge in [0.1, 0.15) is 5.82 Å². The van der Waals surface area contributed by atoms with Gasteiger partial charge in [0.2, 0.25) is 5.91 Å². The lowest BCUT2D eigenvalue weighted by atomic mass is 9.88. The second kappa shape index (κ2) is 10.9. The molecular weight excluding hydrogens is 391 g/mol. The maximum absolute atomic E-state index is 14.0. The van der Waals surface area contributed by atoms with Crippen molar-refractivity contribution >= 4 is 5.91 Å². The van der Waals surface area contributed by atoms with Crippen molar-refractivity contribution in [2.75, 3.05) is 39.9 Å². The third-order valence-corrected chi connectivity index (χ3v) is 6.11. The predicted octanol–water partition coefficient (Wildman–Crippen LogP) is 4.48. The normalized spacial score (nSPS) is 19.2. The molecule has 1 aliphatic rings. The quantitative estimate of drug-likeness (QED) is 0.593. The summed E-state index contributed by atoms with van der Waals surface area (Å²) in [6, 6.07) is 15.5. The number of ether oxygens (including phenoxy) is 1. The lowest BCUT2D eigenvalue weighted by Crippen LogP contribution is -2.41. The van der Waals surface area contributed by atoms with Gasteiger partial charge in [0.05, 0.1) is 6.61 Å². The second-order valence-corrected chi connectivity index (χ2v) is 9.04. The number of hydrogen-bond donors (Lipinski definition) is 0. The van der Waals surface area contributed by atoms with Crippen molar-refractivity contribution in [1.29, 1.82) is 0 Å². The molecule has 0 bridgehead atoms. The van der Waals surface area contributed by atoms with E-state index in [1.807, 2.05) is 24.8 Å². The first-order valence-corrected chi connectivity index (χ1v) is 11.2. The average Bonchev–Trinajstić information content (AvgIpc) is 3.12. The molecule has 1 aliphatic heterocycles. The minimum absolute atomic E-state index is 0.0609. The van der Waals surface area contributed by atoms with E-state index in [-0.39, 0.29) is 29.5 Å². The first-order valence-electron chi connectivity index (χ1n) is 11.2. The van der Waals surface area contributed by atoms with Crippen molar-refractivity contribution in [3.05, 3.63) is 71.0 Å². The molecule has 0 radical (unpaired) electrons. The summed E-state index contributed by atoms with van der Waals surface area (Å²) in [5.74, 6) is 0.306. The summed E-state index contributed by atoms with van der Waals surface area (Å²) < 4.78 is 19.3. The lowest BCUT2D eigenvalue weighted by molar-refractivity contribution is -0.135. The van der Waals surface area contributed by atoms with Crippen LogP contribution >= 0.6 is 0 Å². The van der Waals surface area contributed by atoms with Crippen molar-refractivity contribution in [3.63, 3.8) is 0 Å². The first kappa shape index (κ1) is 23.4. The standard InChI is InChI=1S/C26H35FN2O2/c1-19(2)26(30)29(11-12-31-4)17-23-16-28(15-21-8-5-7-20(3)13-21)18-25(23)22-9-6-10-24(27)14-22/h5-10,13-14,19,23,25H,11-12,15-18H2,1-4H3/t23-,25-/m1/s1. The fraction of sp³-hybridized carbons (Fsp3) is 0.500. The summed E-state index contributed by atoms with van der Waals surface area (Å²) in [6.07, 6.45) is 0. The van der Waals surface area contributed by atoms with E-state index in [2.05, 4.69) is 36.1 Å². The van der Waals surface area contributed by atoms with Crippen LogP contribution in [0.25, 0.3) is 0 Å². The molecule has 1 amide bonds. The summed E-state index contributed by atoms with van der Waals surface area (Å²) in [7, 11) is 1.66. The van der Waals surface area contributed by atoms with Crippen molar-refractivity contribution < 1.29 is 13.9 Å². The molecule has 0 N–H and O–H groups in total. The molecule has 3 rings (SSSR count). The number of carbonyl (C=O) groups excluding carboxylic acids is 1.